The maximum atomic E-state index is 2.16. The fourth-order valence-corrected chi connectivity index (χ4v) is 3.11. The molecule has 2 atom stereocenters. The highest BCUT2D eigenvalue weighted by Crippen LogP contribution is 2.42. The van der Waals surface area contributed by atoms with E-state index < -0.39 is 0 Å². The lowest BCUT2D eigenvalue weighted by molar-refractivity contribution is 0.171. The number of rotatable bonds is 0. The lowest BCUT2D eigenvalue weighted by atomic mass is 9.71. The SMILES string of the molecule is C1CC2CCC2CCS1. The highest BCUT2D eigenvalue weighted by atomic mass is 32.2. The van der Waals surface area contributed by atoms with Gasteiger partial charge in [-0.15, -0.1) is 0 Å². The fourth-order valence-electron chi connectivity index (χ4n) is 1.97. The van der Waals surface area contributed by atoms with E-state index in [2.05, 4.69) is 11.8 Å². The van der Waals surface area contributed by atoms with Gasteiger partial charge in [0, 0.05) is 0 Å². The molecule has 0 spiro atoms. The van der Waals surface area contributed by atoms with E-state index >= 15 is 0 Å². The molecule has 0 aromatic rings. The zero-order chi connectivity index (χ0) is 6.10. The second kappa shape index (κ2) is 2.53. The van der Waals surface area contributed by atoms with E-state index in [1.165, 1.54) is 24.3 Å². The van der Waals surface area contributed by atoms with E-state index in [1.54, 1.807) is 12.8 Å². The smallest absolute Gasteiger partial charge is 0.00648 e. The van der Waals surface area contributed by atoms with Crippen LogP contribution in [0.5, 0.6) is 0 Å². The number of fused-ring (bicyclic) bond motifs is 1. The second-order valence-corrected chi connectivity index (χ2v) is 4.51. The van der Waals surface area contributed by atoms with Gasteiger partial charge >= 0.3 is 0 Å². The number of thioether (sulfide) groups is 1. The van der Waals surface area contributed by atoms with Crippen molar-refractivity contribution in [1.82, 2.24) is 0 Å². The molecule has 0 amide bonds. The molecule has 0 aromatic heterocycles. The second-order valence-electron chi connectivity index (χ2n) is 3.29. The predicted molar refractivity (Wildman–Crippen MR) is 42.8 cm³/mol. The summed E-state index contributed by atoms with van der Waals surface area (Å²) in [5, 5.41) is 0. The third kappa shape index (κ3) is 1.12. The molecule has 2 fully saturated rings. The minimum Gasteiger partial charge on any atom is -0.162 e. The molecular formula is C8H14S. The summed E-state index contributed by atoms with van der Waals surface area (Å²) in [7, 11) is 0. The first-order chi connectivity index (χ1) is 4.47. The van der Waals surface area contributed by atoms with E-state index in [0.717, 1.165) is 11.8 Å². The lowest BCUT2D eigenvalue weighted by Gasteiger charge is -2.34. The molecule has 0 radical (unpaired) electrons. The van der Waals surface area contributed by atoms with Gasteiger partial charge in [0.25, 0.3) is 0 Å². The van der Waals surface area contributed by atoms with Crippen LogP contribution in [0.1, 0.15) is 25.7 Å². The Morgan fingerprint density at radius 2 is 1.33 bits per heavy atom. The lowest BCUT2D eigenvalue weighted by Crippen LogP contribution is -2.24. The zero-order valence-corrected chi connectivity index (χ0v) is 6.62. The normalized spacial score (nSPS) is 42.7. The molecule has 2 aliphatic rings. The van der Waals surface area contributed by atoms with Crippen molar-refractivity contribution in [3.05, 3.63) is 0 Å². The van der Waals surface area contributed by atoms with Gasteiger partial charge < -0.3 is 0 Å². The van der Waals surface area contributed by atoms with Gasteiger partial charge in [-0.25, -0.2) is 0 Å². The topological polar surface area (TPSA) is 0 Å². The molecule has 1 heterocycles. The average Bonchev–Trinajstić information content (AvgIpc) is 1.94. The third-order valence-corrected chi connectivity index (χ3v) is 3.89. The molecule has 1 saturated carbocycles. The summed E-state index contributed by atoms with van der Waals surface area (Å²) in [5.41, 5.74) is 0. The van der Waals surface area contributed by atoms with Crippen molar-refractivity contribution < 1.29 is 0 Å². The van der Waals surface area contributed by atoms with Crippen LogP contribution in [0.2, 0.25) is 0 Å². The van der Waals surface area contributed by atoms with Crippen LogP contribution in [0.4, 0.5) is 0 Å². The van der Waals surface area contributed by atoms with Gasteiger partial charge in [0.1, 0.15) is 0 Å². The summed E-state index contributed by atoms with van der Waals surface area (Å²) in [4.78, 5) is 0. The molecular weight excluding hydrogens is 128 g/mol. The van der Waals surface area contributed by atoms with Crippen LogP contribution >= 0.6 is 11.8 Å². The minimum absolute atomic E-state index is 1.15. The van der Waals surface area contributed by atoms with Gasteiger partial charge in [0.2, 0.25) is 0 Å². The standard InChI is InChI=1S/C8H14S/c1-2-8-4-6-9-5-3-7(1)8/h7-8H,1-6H2. The Labute approximate surface area is 61.4 Å². The van der Waals surface area contributed by atoms with Crippen molar-refractivity contribution in [3.63, 3.8) is 0 Å². The Morgan fingerprint density at radius 3 is 1.78 bits per heavy atom. The molecule has 2 unspecified atom stereocenters. The van der Waals surface area contributed by atoms with Crippen LogP contribution in [0.3, 0.4) is 0 Å². The minimum atomic E-state index is 1.15. The van der Waals surface area contributed by atoms with E-state index in [9.17, 15) is 0 Å². The molecule has 1 heteroatoms. The molecule has 1 aliphatic carbocycles. The van der Waals surface area contributed by atoms with E-state index in [4.69, 9.17) is 0 Å². The number of hydrogen-bond donors (Lipinski definition) is 0. The van der Waals surface area contributed by atoms with Gasteiger partial charge in [-0.05, 0) is 49.0 Å². The van der Waals surface area contributed by atoms with E-state index in [-0.39, 0.29) is 0 Å². The van der Waals surface area contributed by atoms with Crippen molar-refractivity contribution in [2.45, 2.75) is 25.7 Å². The van der Waals surface area contributed by atoms with Gasteiger partial charge in [0.15, 0.2) is 0 Å². The van der Waals surface area contributed by atoms with Crippen molar-refractivity contribution in [2.75, 3.05) is 11.5 Å². The van der Waals surface area contributed by atoms with Crippen molar-refractivity contribution >= 4 is 11.8 Å². The van der Waals surface area contributed by atoms with Crippen LogP contribution in [-0.2, 0) is 0 Å². The molecule has 0 aromatic carbocycles. The van der Waals surface area contributed by atoms with Crippen molar-refractivity contribution in [2.24, 2.45) is 11.8 Å². The summed E-state index contributed by atoms with van der Waals surface area (Å²) in [6.45, 7) is 0. The Kier molecular flexibility index (Phi) is 1.71. The van der Waals surface area contributed by atoms with Gasteiger partial charge in [0.05, 0.1) is 0 Å². The Bertz CT molecular complexity index is 88.7. The predicted octanol–water partition coefficient (Wildman–Crippen LogP) is 2.54. The Balaban J connectivity index is 1.90. The van der Waals surface area contributed by atoms with Crippen molar-refractivity contribution in [3.8, 4) is 0 Å². The monoisotopic (exact) mass is 142 g/mol. The van der Waals surface area contributed by atoms with Gasteiger partial charge in [-0.2, -0.15) is 11.8 Å². The summed E-state index contributed by atoms with van der Waals surface area (Å²) >= 11 is 2.16. The highest BCUT2D eigenvalue weighted by Gasteiger charge is 2.31. The van der Waals surface area contributed by atoms with Crippen molar-refractivity contribution in [1.29, 1.82) is 0 Å². The molecule has 0 nitrogen and oxygen atoms in total. The van der Waals surface area contributed by atoms with Crippen LogP contribution in [0.25, 0.3) is 0 Å². The first-order valence-corrected chi connectivity index (χ1v) is 5.20. The van der Waals surface area contributed by atoms with E-state index in [1.807, 2.05) is 0 Å². The molecule has 1 aliphatic heterocycles. The summed E-state index contributed by atoms with van der Waals surface area (Å²) in [5.74, 6) is 5.20. The van der Waals surface area contributed by atoms with Gasteiger partial charge in [-0.1, -0.05) is 0 Å². The third-order valence-electron chi connectivity index (χ3n) is 2.84. The van der Waals surface area contributed by atoms with Crippen LogP contribution in [0, 0.1) is 11.8 Å². The molecule has 1 saturated heterocycles. The van der Waals surface area contributed by atoms with E-state index in [0.29, 0.717) is 0 Å². The highest BCUT2D eigenvalue weighted by molar-refractivity contribution is 7.99. The molecule has 2 rings (SSSR count). The first-order valence-electron chi connectivity index (χ1n) is 4.04. The van der Waals surface area contributed by atoms with Crippen LogP contribution in [0.15, 0.2) is 0 Å². The maximum Gasteiger partial charge on any atom is -0.00648 e. The Hall–Kier alpha value is 0.350. The molecule has 0 bridgehead atoms. The fraction of sp³-hybridized carbons (Fsp3) is 1.00. The first kappa shape index (κ1) is 6.09. The zero-order valence-electron chi connectivity index (χ0n) is 5.81. The summed E-state index contributed by atoms with van der Waals surface area (Å²) in [6.07, 6.45) is 6.14. The average molecular weight is 142 g/mol. The largest absolute Gasteiger partial charge is 0.162 e. The Morgan fingerprint density at radius 1 is 0.778 bits per heavy atom. The molecule has 52 valence electrons. The maximum absolute atomic E-state index is 2.16. The summed E-state index contributed by atoms with van der Waals surface area (Å²) < 4.78 is 0. The van der Waals surface area contributed by atoms with Crippen LogP contribution in [-0.4, -0.2) is 11.5 Å². The molecule has 0 N–H and O–H groups in total. The number of hydrogen-bond acceptors (Lipinski definition) is 1. The molecule has 9 heavy (non-hydrogen) atoms. The quantitative estimate of drug-likeness (QED) is 0.501. The summed E-state index contributed by atoms with van der Waals surface area (Å²) in [6, 6.07) is 0. The van der Waals surface area contributed by atoms with Crippen LogP contribution < -0.4 is 0 Å². The van der Waals surface area contributed by atoms with Gasteiger partial charge in [-0.3, -0.25) is 0 Å².